The summed E-state index contributed by atoms with van der Waals surface area (Å²) in [5.74, 6) is 1.20. The molecule has 2 saturated carbocycles. The van der Waals surface area contributed by atoms with Crippen LogP contribution in [0.25, 0.3) is 6.08 Å². The highest BCUT2D eigenvalue weighted by Gasteiger charge is 2.54. The molecular weight excluding hydrogens is 420 g/mol. The Morgan fingerprint density at radius 3 is 2.73 bits per heavy atom. The SMILES string of the molecule is COC(=O)/C=C/c1cc(OC)c(N=O)c2c1C(C)C[C@]21CC(=O)CCC1C(C)NCC1CC1. The molecule has 4 rings (SSSR count). The molecule has 7 heteroatoms. The fourth-order valence-electron chi connectivity index (χ4n) is 6.28. The lowest BCUT2D eigenvalue weighted by Crippen LogP contribution is -2.49. The van der Waals surface area contributed by atoms with Crippen LogP contribution in [0.4, 0.5) is 5.69 Å². The summed E-state index contributed by atoms with van der Waals surface area (Å²) in [7, 11) is 2.85. The molecule has 0 bridgehead atoms. The predicted octanol–water partition coefficient (Wildman–Crippen LogP) is 4.78. The monoisotopic (exact) mass is 454 g/mol. The van der Waals surface area contributed by atoms with Gasteiger partial charge in [0.2, 0.25) is 0 Å². The zero-order chi connectivity index (χ0) is 23.8. The number of nitrogens with zero attached hydrogens (tertiary/aromatic N) is 1. The van der Waals surface area contributed by atoms with E-state index in [9.17, 15) is 14.5 Å². The van der Waals surface area contributed by atoms with Crippen molar-refractivity contribution in [3.8, 4) is 5.75 Å². The van der Waals surface area contributed by atoms with Gasteiger partial charge >= 0.3 is 5.97 Å². The summed E-state index contributed by atoms with van der Waals surface area (Å²) >= 11 is 0. The van der Waals surface area contributed by atoms with Crippen molar-refractivity contribution in [2.45, 2.75) is 69.7 Å². The highest BCUT2D eigenvalue weighted by atomic mass is 16.5. The number of methoxy groups -OCH3 is 2. The largest absolute Gasteiger partial charge is 0.494 e. The Hall–Kier alpha value is -2.54. The summed E-state index contributed by atoms with van der Waals surface area (Å²) in [5.41, 5.74) is 2.44. The number of hydrogen-bond acceptors (Lipinski definition) is 7. The van der Waals surface area contributed by atoms with Crippen molar-refractivity contribution in [3.05, 3.63) is 33.7 Å². The Labute approximate surface area is 195 Å². The molecule has 4 atom stereocenters. The summed E-state index contributed by atoms with van der Waals surface area (Å²) in [4.78, 5) is 36.8. The molecule has 1 aromatic carbocycles. The molecule has 1 N–H and O–H groups in total. The van der Waals surface area contributed by atoms with Crippen molar-refractivity contribution in [2.75, 3.05) is 20.8 Å². The van der Waals surface area contributed by atoms with E-state index in [2.05, 4.69) is 24.3 Å². The zero-order valence-corrected chi connectivity index (χ0v) is 20.0. The van der Waals surface area contributed by atoms with Crippen LogP contribution in [-0.4, -0.2) is 38.6 Å². The summed E-state index contributed by atoms with van der Waals surface area (Å²) < 4.78 is 10.3. The van der Waals surface area contributed by atoms with E-state index < -0.39 is 11.4 Å². The predicted molar refractivity (Wildman–Crippen MR) is 127 cm³/mol. The zero-order valence-electron chi connectivity index (χ0n) is 20.0. The van der Waals surface area contributed by atoms with Crippen LogP contribution >= 0.6 is 0 Å². The molecule has 0 aliphatic heterocycles. The first kappa shape index (κ1) is 23.6. The lowest BCUT2D eigenvalue weighted by Gasteiger charge is -2.45. The number of nitroso groups, excluding NO2 is 1. The molecule has 0 amide bonds. The maximum absolute atomic E-state index is 12.8. The van der Waals surface area contributed by atoms with Gasteiger partial charge in [-0.1, -0.05) is 6.92 Å². The van der Waals surface area contributed by atoms with Gasteiger partial charge in [-0.25, -0.2) is 4.79 Å². The fourth-order valence-corrected chi connectivity index (χ4v) is 6.28. The molecule has 3 unspecified atom stereocenters. The van der Waals surface area contributed by atoms with Crippen molar-refractivity contribution < 1.29 is 19.1 Å². The number of ketones is 1. The molecule has 0 aromatic heterocycles. The van der Waals surface area contributed by atoms with E-state index in [0.717, 1.165) is 42.0 Å². The number of carbonyl (C=O) groups excluding carboxylic acids is 2. The van der Waals surface area contributed by atoms with Gasteiger partial charge in [0.05, 0.1) is 14.2 Å². The maximum Gasteiger partial charge on any atom is 0.330 e. The Kier molecular flexibility index (Phi) is 6.71. The third kappa shape index (κ3) is 4.35. The highest BCUT2D eigenvalue weighted by Crippen LogP contribution is 2.61. The standard InChI is InChI=1S/C26H34N2O5/c1-15-12-26(13-19(29)8-9-20(26)16(2)27-14-17-5-6-17)24-23(15)18(7-10-22(30)33-4)11-21(32-3)25(24)28-31/h7,10-11,15-17,20,27H,5-6,8-9,12-14H2,1-4H3/b10-7+/t15?,16?,20?,26-/m1/s1. The van der Waals surface area contributed by atoms with E-state index in [4.69, 9.17) is 9.47 Å². The molecule has 2 fully saturated rings. The molecule has 3 aliphatic rings. The van der Waals surface area contributed by atoms with Crippen LogP contribution < -0.4 is 10.1 Å². The summed E-state index contributed by atoms with van der Waals surface area (Å²) in [5, 5.41) is 7.16. The molecule has 7 nitrogen and oxygen atoms in total. The molecule has 0 saturated heterocycles. The van der Waals surface area contributed by atoms with Crippen molar-refractivity contribution in [3.63, 3.8) is 0 Å². The van der Waals surface area contributed by atoms with Crippen LogP contribution in [0.1, 0.15) is 75.0 Å². The van der Waals surface area contributed by atoms with Crippen molar-refractivity contribution in [1.29, 1.82) is 0 Å². The molecule has 3 aliphatic carbocycles. The van der Waals surface area contributed by atoms with Gasteiger partial charge in [0.25, 0.3) is 0 Å². The number of rotatable bonds is 8. The summed E-state index contributed by atoms with van der Waals surface area (Å²) in [6.07, 6.45) is 8.17. The second-order valence-corrected chi connectivity index (χ2v) is 10.0. The molecule has 1 spiro atoms. The highest BCUT2D eigenvalue weighted by molar-refractivity contribution is 5.89. The van der Waals surface area contributed by atoms with Gasteiger partial charge in [-0.05, 0) is 90.9 Å². The molecule has 33 heavy (non-hydrogen) atoms. The quantitative estimate of drug-likeness (QED) is 0.345. The van der Waals surface area contributed by atoms with E-state index in [1.54, 1.807) is 12.1 Å². The van der Waals surface area contributed by atoms with Gasteiger partial charge in [-0.3, -0.25) is 4.79 Å². The number of Topliss-reactive ketones (excluding diaryl/α,β-unsaturated/α-hetero) is 1. The Morgan fingerprint density at radius 1 is 1.33 bits per heavy atom. The first-order chi connectivity index (χ1) is 15.8. The van der Waals surface area contributed by atoms with Crippen molar-refractivity contribution >= 4 is 23.5 Å². The summed E-state index contributed by atoms with van der Waals surface area (Å²) in [6, 6.07) is 1.97. The number of fused-ring (bicyclic) bond motifs is 2. The van der Waals surface area contributed by atoms with E-state index in [-0.39, 0.29) is 23.7 Å². The minimum absolute atomic E-state index is 0.104. The lowest BCUT2D eigenvalue weighted by atomic mass is 9.60. The van der Waals surface area contributed by atoms with Crippen LogP contribution in [0.2, 0.25) is 0 Å². The van der Waals surface area contributed by atoms with E-state index in [1.807, 2.05) is 0 Å². The number of benzene rings is 1. The Bertz CT molecular complexity index is 983. The van der Waals surface area contributed by atoms with E-state index in [1.165, 1.54) is 33.1 Å². The summed E-state index contributed by atoms with van der Waals surface area (Å²) in [6.45, 7) is 5.33. The first-order valence-corrected chi connectivity index (χ1v) is 11.9. The fraction of sp³-hybridized carbons (Fsp3) is 0.615. The van der Waals surface area contributed by atoms with Gasteiger partial charge < -0.3 is 14.8 Å². The van der Waals surface area contributed by atoms with E-state index in [0.29, 0.717) is 24.3 Å². The van der Waals surface area contributed by atoms with Crippen LogP contribution in [0.3, 0.4) is 0 Å². The first-order valence-electron chi connectivity index (χ1n) is 11.9. The number of hydrogen-bond donors (Lipinski definition) is 1. The Morgan fingerprint density at radius 2 is 2.09 bits per heavy atom. The van der Waals surface area contributed by atoms with Crippen LogP contribution in [-0.2, 0) is 19.7 Å². The van der Waals surface area contributed by atoms with Crippen molar-refractivity contribution in [1.82, 2.24) is 5.32 Å². The molecule has 0 heterocycles. The minimum Gasteiger partial charge on any atom is -0.494 e. The average Bonchev–Trinajstić information content (AvgIpc) is 3.59. The molecule has 178 valence electrons. The van der Waals surface area contributed by atoms with Gasteiger partial charge in [-0.2, -0.15) is 0 Å². The minimum atomic E-state index is -0.480. The van der Waals surface area contributed by atoms with Gasteiger partial charge in [0, 0.05) is 30.4 Å². The van der Waals surface area contributed by atoms with Crippen LogP contribution in [0.5, 0.6) is 5.75 Å². The van der Waals surface area contributed by atoms with Gasteiger partial charge in [0.1, 0.15) is 11.5 Å². The maximum atomic E-state index is 12.8. The smallest absolute Gasteiger partial charge is 0.330 e. The third-order valence-corrected chi connectivity index (χ3v) is 7.90. The van der Waals surface area contributed by atoms with Crippen LogP contribution in [0, 0.1) is 16.7 Å². The molecular formula is C26H34N2O5. The third-order valence-electron chi connectivity index (χ3n) is 7.90. The van der Waals surface area contributed by atoms with Gasteiger partial charge in [0.15, 0.2) is 5.69 Å². The second kappa shape index (κ2) is 9.37. The van der Waals surface area contributed by atoms with E-state index >= 15 is 0 Å². The van der Waals surface area contributed by atoms with Crippen LogP contribution in [0.15, 0.2) is 17.3 Å². The number of carbonyl (C=O) groups is 2. The average molecular weight is 455 g/mol. The molecule has 1 aromatic rings. The Balaban J connectivity index is 1.87. The lowest BCUT2D eigenvalue weighted by molar-refractivity contribution is -0.134. The molecule has 0 radical (unpaired) electrons. The van der Waals surface area contributed by atoms with Gasteiger partial charge in [-0.15, -0.1) is 4.91 Å². The number of ether oxygens (including phenoxy) is 2. The number of nitrogens with one attached hydrogen (secondary N) is 1. The van der Waals surface area contributed by atoms with Crippen molar-refractivity contribution in [2.24, 2.45) is 17.0 Å². The normalized spacial score (nSPS) is 27.6. The topological polar surface area (TPSA) is 94.1 Å². The number of esters is 1. The second-order valence-electron chi connectivity index (χ2n) is 10.0.